The Kier molecular flexibility index (Phi) is 7.68. The number of hydrogen-bond donors (Lipinski definition) is 1. The third-order valence-electron chi connectivity index (χ3n) is 3.78. The maximum atomic E-state index is 13.1. The van der Waals surface area contributed by atoms with Crippen LogP contribution >= 0.6 is 23.2 Å². The fraction of sp³-hybridized carbons (Fsp3) is 0.316. The van der Waals surface area contributed by atoms with Gasteiger partial charge in [-0.25, -0.2) is 8.42 Å². The minimum atomic E-state index is -3.91. The van der Waals surface area contributed by atoms with E-state index in [2.05, 4.69) is 5.32 Å². The van der Waals surface area contributed by atoms with Gasteiger partial charge >= 0.3 is 0 Å². The highest BCUT2D eigenvalue weighted by Crippen LogP contribution is 2.23. The molecule has 0 saturated carbocycles. The van der Waals surface area contributed by atoms with Gasteiger partial charge in [0, 0.05) is 23.1 Å². The van der Waals surface area contributed by atoms with Crippen LogP contribution in [0.1, 0.15) is 19.4 Å². The van der Waals surface area contributed by atoms with E-state index in [0.29, 0.717) is 22.2 Å². The van der Waals surface area contributed by atoms with Crippen LogP contribution in [0.2, 0.25) is 10.0 Å². The third-order valence-corrected chi connectivity index (χ3v) is 6.21. The first-order chi connectivity index (χ1) is 12.7. The highest BCUT2D eigenvalue weighted by Gasteiger charge is 2.27. The highest BCUT2D eigenvalue weighted by atomic mass is 35.5. The third kappa shape index (κ3) is 6.21. The van der Waals surface area contributed by atoms with E-state index in [9.17, 15) is 13.2 Å². The SMILES string of the molecule is CC(C)CNC(=O)CN(Cc1ccccc1Cl)S(=O)(=O)c1ccc(Cl)cc1. The van der Waals surface area contributed by atoms with E-state index >= 15 is 0 Å². The summed E-state index contributed by atoms with van der Waals surface area (Å²) in [7, 11) is -3.91. The van der Waals surface area contributed by atoms with E-state index in [1.165, 1.54) is 24.3 Å². The van der Waals surface area contributed by atoms with Crippen molar-refractivity contribution in [3.05, 3.63) is 64.1 Å². The zero-order chi connectivity index (χ0) is 20.0. The molecular weight excluding hydrogens is 407 g/mol. The number of carbonyl (C=O) groups excluding carboxylic acids is 1. The molecule has 0 aliphatic rings. The molecule has 0 heterocycles. The maximum Gasteiger partial charge on any atom is 0.243 e. The molecule has 0 radical (unpaired) electrons. The Balaban J connectivity index is 2.32. The Morgan fingerprint density at radius 2 is 1.70 bits per heavy atom. The lowest BCUT2D eigenvalue weighted by Gasteiger charge is -2.22. The van der Waals surface area contributed by atoms with Crippen molar-refractivity contribution >= 4 is 39.1 Å². The zero-order valence-corrected chi connectivity index (χ0v) is 17.5. The lowest BCUT2D eigenvalue weighted by Crippen LogP contribution is -2.41. The van der Waals surface area contributed by atoms with E-state index in [1.54, 1.807) is 24.3 Å². The topological polar surface area (TPSA) is 66.5 Å². The largest absolute Gasteiger partial charge is 0.355 e. The number of carbonyl (C=O) groups is 1. The van der Waals surface area contributed by atoms with Gasteiger partial charge in [0.1, 0.15) is 0 Å². The van der Waals surface area contributed by atoms with Crippen molar-refractivity contribution < 1.29 is 13.2 Å². The molecule has 0 saturated heterocycles. The van der Waals surface area contributed by atoms with Gasteiger partial charge in [-0.3, -0.25) is 4.79 Å². The Morgan fingerprint density at radius 1 is 1.07 bits per heavy atom. The molecule has 146 valence electrons. The summed E-state index contributed by atoms with van der Waals surface area (Å²) in [5.74, 6) is -0.105. The quantitative estimate of drug-likeness (QED) is 0.691. The highest BCUT2D eigenvalue weighted by molar-refractivity contribution is 7.89. The molecule has 1 amide bonds. The first-order valence-electron chi connectivity index (χ1n) is 8.46. The first-order valence-corrected chi connectivity index (χ1v) is 10.7. The molecule has 8 heteroatoms. The van der Waals surface area contributed by atoms with Gasteiger partial charge in [-0.05, 0) is 41.8 Å². The zero-order valence-electron chi connectivity index (χ0n) is 15.2. The van der Waals surface area contributed by atoms with Crippen LogP contribution in [-0.4, -0.2) is 31.7 Å². The maximum absolute atomic E-state index is 13.1. The Hall–Kier alpha value is -1.60. The minimum absolute atomic E-state index is 0.0142. The second-order valence-corrected chi connectivity index (χ2v) is 9.30. The molecule has 2 aromatic rings. The molecule has 0 atom stereocenters. The fourth-order valence-electron chi connectivity index (χ4n) is 2.33. The van der Waals surface area contributed by atoms with E-state index in [4.69, 9.17) is 23.2 Å². The van der Waals surface area contributed by atoms with Crippen molar-refractivity contribution in [3.63, 3.8) is 0 Å². The molecule has 2 rings (SSSR count). The van der Waals surface area contributed by atoms with Crippen LogP contribution in [0, 0.1) is 5.92 Å². The number of nitrogens with one attached hydrogen (secondary N) is 1. The van der Waals surface area contributed by atoms with Crippen molar-refractivity contribution in [2.24, 2.45) is 5.92 Å². The number of nitrogens with zero attached hydrogens (tertiary/aromatic N) is 1. The van der Waals surface area contributed by atoms with Crippen molar-refractivity contribution in [1.29, 1.82) is 0 Å². The summed E-state index contributed by atoms with van der Waals surface area (Å²) >= 11 is 12.0. The summed E-state index contributed by atoms with van der Waals surface area (Å²) in [5, 5.41) is 3.62. The standard InChI is InChI=1S/C19H22Cl2N2O3S/c1-14(2)11-22-19(24)13-23(12-15-5-3-4-6-18(15)21)27(25,26)17-9-7-16(20)8-10-17/h3-10,14H,11-13H2,1-2H3,(H,22,24). The predicted octanol–water partition coefficient (Wildman–Crippen LogP) is 3.96. The molecule has 27 heavy (non-hydrogen) atoms. The molecule has 0 unspecified atom stereocenters. The molecule has 0 spiro atoms. The molecule has 0 aliphatic heterocycles. The first kappa shape index (κ1) is 21.7. The van der Waals surface area contributed by atoms with Gasteiger partial charge in [0.25, 0.3) is 0 Å². The second-order valence-electron chi connectivity index (χ2n) is 6.52. The fourth-order valence-corrected chi connectivity index (χ4v) is 4.03. The normalized spacial score (nSPS) is 11.8. The number of rotatable bonds is 8. The second kappa shape index (κ2) is 9.55. The molecule has 0 bridgehead atoms. The average Bonchev–Trinajstić information content (AvgIpc) is 2.61. The van der Waals surface area contributed by atoms with Crippen LogP contribution in [0.15, 0.2) is 53.4 Å². The van der Waals surface area contributed by atoms with Crippen LogP contribution in [0.4, 0.5) is 0 Å². The number of halogens is 2. The molecule has 1 N–H and O–H groups in total. The Bertz CT molecular complexity index is 884. The number of benzene rings is 2. The summed E-state index contributed by atoms with van der Waals surface area (Å²) in [4.78, 5) is 12.4. The monoisotopic (exact) mass is 428 g/mol. The van der Waals surface area contributed by atoms with Crippen LogP contribution in [-0.2, 0) is 21.4 Å². The minimum Gasteiger partial charge on any atom is -0.355 e. The van der Waals surface area contributed by atoms with Crippen LogP contribution in [0.25, 0.3) is 0 Å². The lowest BCUT2D eigenvalue weighted by atomic mass is 10.2. The van der Waals surface area contributed by atoms with Crippen molar-refractivity contribution in [2.45, 2.75) is 25.3 Å². The lowest BCUT2D eigenvalue weighted by molar-refractivity contribution is -0.121. The number of hydrogen-bond acceptors (Lipinski definition) is 3. The van der Waals surface area contributed by atoms with E-state index in [-0.39, 0.29) is 29.8 Å². The summed E-state index contributed by atoms with van der Waals surface area (Å²) in [5.41, 5.74) is 0.619. The molecule has 5 nitrogen and oxygen atoms in total. The van der Waals surface area contributed by atoms with Gasteiger partial charge in [0.15, 0.2) is 0 Å². The number of sulfonamides is 1. The van der Waals surface area contributed by atoms with Crippen molar-refractivity contribution in [2.75, 3.05) is 13.1 Å². The van der Waals surface area contributed by atoms with E-state index in [1.807, 2.05) is 13.8 Å². The van der Waals surface area contributed by atoms with E-state index in [0.717, 1.165) is 4.31 Å². The molecule has 0 aliphatic carbocycles. The van der Waals surface area contributed by atoms with Gasteiger partial charge < -0.3 is 5.32 Å². The number of amides is 1. The average molecular weight is 429 g/mol. The van der Waals surface area contributed by atoms with Gasteiger partial charge in [0.05, 0.1) is 11.4 Å². The van der Waals surface area contributed by atoms with Crippen LogP contribution < -0.4 is 5.32 Å². The van der Waals surface area contributed by atoms with Crippen LogP contribution in [0.3, 0.4) is 0 Å². The summed E-state index contributed by atoms with van der Waals surface area (Å²) in [6, 6.07) is 12.8. The Morgan fingerprint density at radius 3 is 2.30 bits per heavy atom. The van der Waals surface area contributed by atoms with E-state index < -0.39 is 10.0 Å². The van der Waals surface area contributed by atoms with Gasteiger partial charge in [0.2, 0.25) is 15.9 Å². The predicted molar refractivity (Wildman–Crippen MR) is 108 cm³/mol. The van der Waals surface area contributed by atoms with Crippen molar-refractivity contribution in [1.82, 2.24) is 9.62 Å². The van der Waals surface area contributed by atoms with Crippen molar-refractivity contribution in [3.8, 4) is 0 Å². The summed E-state index contributed by atoms with van der Waals surface area (Å²) in [6.45, 7) is 4.08. The summed E-state index contributed by atoms with van der Waals surface area (Å²) in [6.07, 6.45) is 0. The smallest absolute Gasteiger partial charge is 0.243 e. The molecular formula is C19H22Cl2N2O3S. The van der Waals surface area contributed by atoms with Crippen LogP contribution in [0.5, 0.6) is 0 Å². The van der Waals surface area contributed by atoms with Gasteiger partial charge in [-0.1, -0.05) is 55.2 Å². The Labute approximate surface area is 170 Å². The summed E-state index contributed by atoms with van der Waals surface area (Å²) < 4.78 is 27.3. The molecule has 2 aromatic carbocycles. The van der Waals surface area contributed by atoms with Gasteiger partial charge in [-0.2, -0.15) is 4.31 Å². The molecule has 0 aromatic heterocycles. The van der Waals surface area contributed by atoms with Gasteiger partial charge in [-0.15, -0.1) is 0 Å². The molecule has 0 fully saturated rings.